The number of rotatable bonds is 15. The largest absolute Gasteiger partial charge is 0.481 e. The number of carbonyl (C=O) groups is 2. The minimum atomic E-state index is -1.22. The Hall–Kier alpha value is -1.32. The summed E-state index contributed by atoms with van der Waals surface area (Å²) in [5, 5.41) is 19.6. The molecule has 0 spiro atoms. The summed E-state index contributed by atoms with van der Waals surface area (Å²) in [5.41, 5.74) is -2.40. The number of unbranched alkanes of at least 4 members (excludes halogenated alkanes) is 9. The Kier molecular flexibility index (Phi) is 10.8. The maximum atomic E-state index is 12.0. The fraction of sp³-hybridized carbons (Fsp3) is 0.833. The molecule has 4 heteroatoms. The van der Waals surface area contributed by atoms with Crippen LogP contribution < -0.4 is 0 Å². The number of hydrogen-bond acceptors (Lipinski definition) is 2. The summed E-state index contributed by atoms with van der Waals surface area (Å²) in [4.78, 5) is 23.9. The molecular formula is C24H42O4. The van der Waals surface area contributed by atoms with E-state index in [4.69, 9.17) is 0 Å². The Morgan fingerprint density at radius 1 is 0.786 bits per heavy atom. The first-order chi connectivity index (χ1) is 13.3. The van der Waals surface area contributed by atoms with Gasteiger partial charge < -0.3 is 10.2 Å². The molecule has 2 atom stereocenters. The maximum Gasteiger partial charge on any atom is 0.311 e. The van der Waals surface area contributed by atoms with Crippen LogP contribution in [0.2, 0.25) is 0 Å². The number of hydrogen-bond donors (Lipinski definition) is 2. The van der Waals surface area contributed by atoms with E-state index >= 15 is 0 Å². The van der Waals surface area contributed by atoms with Crippen molar-refractivity contribution in [3.63, 3.8) is 0 Å². The second kappa shape index (κ2) is 12.3. The van der Waals surface area contributed by atoms with E-state index in [1.54, 1.807) is 6.92 Å². The average Bonchev–Trinajstić information content (AvgIpc) is 2.63. The third kappa shape index (κ3) is 6.93. The van der Waals surface area contributed by atoms with Crippen LogP contribution in [0.4, 0.5) is 0 Å². The molecule has 162 valence electrons. The fourth-order valence-corrected chi connectivity index (χ4v) is 4.52. The van der Waals surface area contributed by atoms with Gasteiger partial charge in [0.1, 0.15) is 0 Å². The van der Waals surface area contributed by atoms with Gasteiger partial charge in [0, 0.05) is 0 Å². The summed E-state index contributed by atoms with van der Waals surface area (Å²) >= 11 is 0. The molecule has 0 aromatic carbocycles. The smallest absolute Gasteiger partial charge is 0.311 e. The second-order valence-electron chi connectivity index (χ2n) is 9.37. The zero-order valence-electron chi connectivity index (χ0n) is 18.3. The molecule has 0 radical (unpaired) electrons. The van der Waals surface area contributed by atoms with Crippen molar-refractivity contribution >= 4 is 11.9 Å². The van der Waals surface area contributed by atoms with Gasteiger partial charge in [-0.25, -0.2) is 0 Å². The lowest BCUT2D eigenvalue weighted by molar-refractivity contribution is -0.174. The van der Waals surface area contributed by atoms with Crippen LogP contribution in [0.25, 0.3) is 0 Å². The van der Waals surface area contributed by atoms with Gasteiger partial charge in [-0.2, -0.15) is 0 Å². The molecular weight excluding hydrogens is 352 g/mol. The molecule has 28 heavy (non-hydrogen) atoms. The minimum Gasteiger partial charge on any atom is -0.481 e. The van der Waals surface area contributed by atoms with Gasteiger partial charge >= 0.3 is 11.9 Å². The van der Waals surface area contributed by atoms with Crippen LogP contribution in [0.5, 0.6) is 0 Å². The number of carboxylic acid groups (broad SMARTS) is 2. The lowest BCUT2D eigenvalue weighted by Gasteiger charge is -2.44. The van der Waals surface area contributed by atoms with Crippen LogP contribution in [0, 0.1) is 16.7 Å². The molecule has 0 amide bonds. The van der Waals surface area contributed by atoms with Gasteiger partial charge in [0.15, 0.2) is 0 Å². The molecule has 0 aromatic heterocycles. The standard InChI is InChI=1S/C24H42O4/c1-20(2)16-12-10-8-6-4-5-7-9-11-13-18-24(22(27)28)19-15-14-17-23(24,3)21(25)26/h14-15,20H,4-13,16-19H2,1-3H3,(H,25,26)(H,27,28). The predicted octanol–water partition coefficient (Wildman–Crippen LogP) is 6.84. The van der Waals surface area contributed by atoms with Crippen molar-refractivity contribution in [3.05, 3.63) is 12.2 Å². The summed E-state index contributed by atoms with van der Waals surface area (Å²) in [5.74, 6) is -1.13. The Morgan fingerprint density at radius 3 is 1.71 bits per heavy atom. The molecule has 0 saturated heterocycles. The highest BCUT2D eigenvalue weighted by Crippen LogP contribution is 2.52. The quantitative estimate of drug-likeness (QED) is 0.236. The average molecular weight is 395 g/mol. The Labute approximate surface area is 171 Å². The van der Waals surface area contributed by atoms with Crippen LogP contribution in [0.1, 0.15) is 111 Å². The van der Waals surface area contributed by atoms with Crippen molar-refractivity contribution in [2.24, 2.45) is 16.7 Å². The summed E-state index contributed by atoms with van der Waals surface area (Å²) in [6.07, 6.45) is 18.1. The lowest BCUT2D eigenvalue weighted by Crippen LogP contribution is -2.51. The van der Waals surface area contributed by atoms with Crippen molar-refractivity contribution in [2.45, 2.75) is 111 Å². The molecule has 0 aliphatic heterocycles. The second-order valence-corrected chi connectivity index (χ2v) is 9.37. The van der Waals surface area contributed by atoms with E-state index in [1.807, 2.05) is 12.2 Å². The third-order valence-corrected chi connectivity index (χ3v) is 6.73. The maximum absolute atomic E-state index is 12.0. The first-order valence-corrected chi connectivity index (χ1v) is 11.4. The zero-order chi connectivity index (χ0) is 21.0. The molecule has 1 rings (SSSR count). The topological polar surface area (TPSA) is 74.6 Å². The Morgan fingerprint density at radius 2 is 1.25 bits per heavy atom. The highest BCUT2D eigenvalue weighted by molar-refractivity contribution is 5.87. The summed E-state index contributed by atoms with van der Waals surface area (Å²) in [6.45, 7) is 6.17. The molecule has 0 saturated carbocycles. The molecule has 0 fully saturated rings. The van der Waals surface area contributed by atoms with E-state index < -0.39 is 22.8 Å². The van der Waals surface area contributed by atoms with Gasteiger partial charge in [-0.15, -0.1) is 0 Å². The van der Waals surface area contributed by atoms with Gasteiger partial charge in [-0.05, 0) is 32.1 Å². The Bertz CT molecular complexity index is 511. The van der Waals surface area contributed by atoms with E-state index in [9.17, 15) is 19.8 Å². The molecule has 0 heterocycles. The first-order valence-electron chi connectivity index (χ1n) is 11.4. The highest BCUT2D eigenvalue weighted by atomic mass is 16.4. The molecule has 2 N–H and O–H groups in total. The van der Waals surface area contributed by atoms with Crippen LogP contribution in [0.3, 0.4) is 0 Å². The van der Waals surface area contributed by atoms with Gasteiger partial charge in [-0.1, -0.05) is 96.6 Å². The summed E-state index contributed by atoms with van der Waals surface area (Å²) in [6, 6.07) is 0. The van der Waals surface area contributed by atoms with Crippen molar-refractivity contribution < 1.29 is 19.8 Å². The number of allylic oxidation sites excluding steroid dienone is 2. The molecule has 1 aliphatic rings. The van der Waals surface area contributed by atoms with Crippen LogP contribution in [-0.4, -0.2) is 22.2 Å². The van der Waals surface area contributed by atoms with Crippen LogP contribution in [-0.2, 0) is 9.59 Å². The minimum absolute atomic E-state index is 0.297. The van der Waals surface area contributed by atoms with Crippen molar-refractivity contribution in [2.75, 3.05) is 0 Å². The highest BCUT2D eigenvalue weighted by Gasteiger charge is 2.57. The molecule has 1 aliphatic carbocycles. The van der Waals surface area contributed by atoms with Crippen molar-refractivity contribution in [3.8, 4) is 0 Å². The van der Waals surface area contributed by atoms with E-state index in [0.29, 0.717) is 19.3 Å². The van der Waals surface area contributed by atoms with Gasteiger partial charge in [0.05, 0.1) is 10.8 Å². The summed E-state index contributed by atoms with van der Waals surface area (Å²) in [7, 11) is 0. The summed E-state index contributed by atoms with van der Waals surface area (Å²) < 4.78 is 0. The van der Waals surface area contributed by atoms with E-state index in [2.05, 4.69) is 13.8 Å². The Balaban J connectivity index is 2.24. The lowest BCUT2D eigenvalue weighted by atomic mass is 9.56. The number of carboxylic acids is 2. The van der Waals surface area contributed by atoms with Crippen molar-refractivity contribution in [1.29, 1.82) is 0 Å². The first kappa shape index (κ1) is 24.7. The van der Waals surface area contributed by atoms with E-state index in [0.717, 1.165) is 25.2 Å². The number of aliphatic carboxylic acids is 2. The third-order valence-electron chi connectivity index (χ3n) is 6.73. The fourth-order valence-electron chi connectivity index (χ4n) is 4.52. The van der Waals surface area contributed by atoms with Crippen molar-refractivity contribution in [1.82, 2.24) is 0 Å². The normalized spacial score (nSPS) is 24.6. The molecule has 0 bridgehead atoms. The van der Waals surface area contributed by atoms with E-state index in [1.165, 1.54) is 51.4 Å². The SMILES string of the molecule is CC(C)CCCCCCCCCCCCC1(C(=O)O)CC=CCC1(C)C(=O)O. The molecule has 4 nitrogen and oxygen atoms in total. The van der Waals surface area contributed by atoms with Gasteiger partial charge in [0.2, 0.25) is 0 Å². The van der Waals surface area contributed by atoms with Crippen LogP contribution in [0.15, 0.2) is 12.2 Å². The molecule has 2 unspecified atom stereocenters. The zero-order valence-corrected chi connectivity index (χ0v) is 18.3. The monoisotopic (exact) mass is 394 g/mol. The molecule has 0 aromatic rings. The van der Waals surface area contributed by atoms with E-state index in [-0.39, 0.29) is 0 Å². The van der Waals surface area contributed by atoms with Gasteiger partial charge in [0.25, 0.3) is 0 Å². The van der Waals surface area contributed by atoms with Gasteiger partial charge in [-0.3, -0.25) is 9.59 Å². The predicted molar refractivity (Wildman–Crippen MR) is 114 cm³/mol. The van der Waals surface area contributed by atoms with Crippen LogP contribution >= 0.6 is 0 Å².